The van der Waals surface area contributed by atoms with Crippen molar-refractivity contribution < 1.29 is 20.1 Å². The van der Waals surface area contributed by atoms with Crippen molar-refractivity contribution in [1.82, 2.24) is 0 Å². The molecule has 0 fully saturated rings. The van der Waals surface area contributed by atoms with Crippen LogP contribution in [0, 0.1) is 13.8 Å². The molecule has 2 unspecified atom stereocenters. The van der Waals surface area contributed by atoms with Crippen molar-refractivity contribution >= 4 is 42.5 Å². The van der Waals surface area contributed by atoms with Gasteiger partial charge in [0.15, 0.2) is 0 Å². The minimum atomic E-state index is -2.02. The SMILES string of the molecule is CC1=Cc2c(C)cccc2[CH]1[Hf]([CH]1C(C)=Cc2c(C)cccc21)=[Si](C)C.Cl.Cl. The van der Waals surface area contributed by atoms with Crippen LogP contribution in [0.1, 0.15) is 54.6 Å². The molecule has 0 radical (unpaired) electrons. The summed E-state index contributed by atoms with van der Waals surface area (Å²) in [5.74, 6) is 0. The van der Waals surface area contributed by atoms with Gasteiger partial charge in [-0.3, -0.25) is 0 Å². The van der Waals surface area contributed by atoms with E-state index >= 15 is 0 Å². The van der Waals surface area contributed by atoms with Crippen LogP contribution in [0.25, 0.3) is 12.2 Å². The first-order chi connectivity index (χ1) is 12.4. The third-order valence-corrected chi connectivity index (χ3v) is 34.5. The standard InChI is InChI=1S/2C11H11.C2H6Si.2ClH.Hf/c2*1-8-6-10-5-3-4-9(2)11(10)7-8;1-3-2;;;/h2*3-7H,1-2H3;1-2H3;2*1H;. The third kappa shape index (κ3) is 3.83. The molecule has 2 aliphatic carbocycles. The van der Waals surface area contributed by atoms with Gasteiger partial charge in [0.05, 0.1) is 0 Å². The first-order valence-electron chi connectivity index (χ1n) is 9.62. The quantitative estimate of drug-likeness (QED) is 0.313. The summed E-state index contributed by atoms with van der Waals surface area (Å²) >= 11 is -2.02. The molecule has 2 aromatic carbocycles. The van der Waals surface area contributed by atoms with Crippen molar-refractivity contribution in [1.29, 1.82) is 0 Å². The van der Waals surface area contributed by atoms with E-state index < -0.39 is 20.1 Å². The van der Waals surface area contributed by atoms with Crippen LogP contribution >= 0.6 is 24.8 Å². The zero-order valence-corrected chi connectivity index (χ0v) is 23.8. The number of aryl methyl sites for hydroxylation is 2. The molecule has 0 N–H and O–H groups in total. The number of rotatable bonds is 2. The Labute approximate surface area is 190 Å². The molecule has 28 heavy (non-hydrogen) atoms. The van der Waals surface area contributed by atoms with Gasteiger partial charge in [0, 0.05) is 0 Å². The van der Waals surface area contributed by atoms with Crippen LogP contribution in [0.3, 0.4) is 0 Å². The maximum absolute atomic E-state index is 2.61. The van der Waals surface area contributed by atoms with E-state index in [2.05, 4.69) is 89.3 Å². The Morgan fingerprint density at radius 2 is 1.07 bits per heavy atom. The minimum Gasteiger partial charge on any atom is -0.147 e. The van der Waals surface area contributed by atoms with Gasteiger partial charge in [-0.1, -0.05) is 0 Å². The fraction of sp³-hybridized carbons (Fsp3) is 0.333. The van der Waals surface area contributed by atoms with Gasteiger partial charge in [-0.15, -0.1) is 24.8 Å². The molecule has 0 aliphatic heterocycles. The van der Waals surface area contributed by atoms with E-state index in [4.69, 9.17) is 0 Å². The third-order valence-electron chi connectivity index (χ3n) is 6.19. The van der Waals surface area contributed by atoms with Gasteiger partial charge >= 0.3 is 167 Å². The van der Waals surface area contributed by atoms with Gasteiger partial charge in [-0.2, -0.15) is 0 Å². The molecule has 0 heterocycles. The van der Waals surface area contributed by atoms with Crippen LogP contribution in [0.5, 0.6) is 0 Å². The van der Waals surface area contributed by atoms with Crippen molar-refractivity contribution in [2.24, 2.45) is 0 Å². The summed E-state index contributed by atoms with van der Waals surface area (Å²) < 4.78 is 1.55. The molecule has 2 aliphatic rings. The zero-order chi connectivity index (χ0) is 18.6. The molecule has 2 aromatic rings. The Kier molecular flexibility index (Phi) is 7.81. The predicted molar refractivity (Wildman–Crippen MR) is 127 cm³/mol. The molecule has 4 heteroatoms. The molecule has 4 rings (SSSR count). The topological polar surface area (TPSA) is 0 Å². The fourth-order valence-corrected chi connectivity index (χ4v) is 34.4. The summed E-state index contributed by atoms with van der Waals surface area (Å²) in [7, 11) is 0. The number of benzene rings is 2. The number of hydrogen-bond acceptors (Lipinski definition) is 0. The Bertz CT molecular complexity index is 938. The summed E-state index contributed by atoms with van der Waals surface area (Å²) in [6.45, 7) is 14.6. The molecule has 2 atom stereocenters. The van der Waals surface area contributed by atoms with Gasteiger partial charge in [0.2, 0.25) is 0 Å². The zero-order valence-electron chi connectivity index (χ0n) is 17.6. The van der Waals surface area contributed by atoms with Crippen molar-refractivity contribution in [3.8, 4) is 0 Å². The van der Waals surface area contributed by atoms with E-state index in [1.165, 1.54) is 22.3 Å². The van der Waals surface area contributed by atoms with Crippen molar-refractivity contribution in [2.75, 3.05) is 0 Å². The molecule has 0 aromatic heterocycles. The number of hydrogen-bond donors (Lipinski definition) is 0. The van der Waals surface area contributed by atoms with E-state index in [0.29, 0.717) is 0 Å². The summed E-state index contributed by atoms with van der Waals surface area (Å²) in [5.41, 5.74) is 12.3. The van der Waals surface area contributed by atoms with Gasteiger partial charge in [-0.25, -0.2) is 0 Å². The minimum absolute atomic E-state index is 0. The van der Waals surface area contributed by atoms with Crippen LogP contribution in [-0.4, -0.2) is 5.49 Å². The maximum atomic E-state index is 2.61. The van der Waals surface area contributed by atoms with E-state index in [9.17, 15) is 0 Å². The smallest absolute Gasteiger partial charge is 0.147 e. The molecule has 0 saturated heterocycles. The molecule has 0 amide bonds. The normalized spacial score (nSPS) is 18.9. The van der Waals surface area contributed by atoms with Crippen LogP contribution in [0.2, 0.25) is 13.1 Å². The van der Waals surface area contributed by atoms with E-state index in [-0.39, 0.29) is 30.3 Å². The largest absolute Gasteiger partial charge is 0.147 e. The molecule has 148 valence electrons. The maximum Gasteiger partial charge on any atom is -0.147 e. The Hall–Kier alpha value is -0.413. The number of allylic oxidation sites excluding steroid dienone is 2. The van der Waals surface area contributed by atoms with E-state index in [1.807, 2.05) is 0 Å². The van der Waals surface area contributed by atoms with Crippen LogP contribution in [0.4, 0.5) is 0 Å². The average Bonchev–Trinajstić information content (AvgIpc) is 3.09. The van der Waals surface area contributed by atoms with Crippen molar-refractivity contribution in [3.63, 3.8) is 0 Å². The predicted octanol–water partition coefficient (Wildman–Crippen LogP) is 7.63. The summed E-state index contributed by atoms with van der Waals surface area (Å²) in [5, 5.41) is 0. The summed E-state index contributed by atoms with van der Waals surface area (Å²) in [4.78, 5) is 0. The first-order valence-corrected chi connectivity index (χ1v) is 21.7. The van der Waals surface area contributed by atoms with Crippen molar-refractivity contribution in [3.05, 3.63) is 80.9 Å². The average molecular weight is 596 g/mol. The molecule has 0 spiro atoms. The van der Waals surface area contributed by atoms with E-state index in [0.717, 1.165) is 7.35 Å². The second kappa shape index (κ2) is 9.16. The number of halogens is 2. The monoisotopic (exact) mass is 596 g/mol. The summed E-state index contributed by atoms with van der Waals surface area (Å²) in [6.07, 6.45) is 5.02. The van der Waals surface area contributed by atoms with Crippen LogP contribution < -0.4 is 0 Å². The van der Waals surface area contributed by atoms with Crippen LogP contribution in [-0.2, 0) is 20.1 Å². The second-order valence-electron chi connectivity index (χ2n) is 8.25. The first kappa shape index (κ1) is 23.9. The number of fused-ring (bicyclic) bond motifs is 2. The molecule has 0 saturated carbocycles. The second-order valence-corrected chi connectivity index (χ2v) is 33.2. The Morgan fingerprint density at radius 1 is 0.679 bits per heavy atom. The molecular formula is C24H30Cl2HfSi. The molecule has 0 bridgehead atoms. The Balaban J connectivity index is 0.00000140. The van der Waals surface area contributed by atoms with Gasteiger partial charge < -0.3 is 0 Å². The molecular weight excluding hydrogens is 566 g/mol. The van der Waals surface area contributed by atoms with Gasteiger partial charge in [-0.05, 0) is 0 Å². The summed E-state index contributed by atoms with van der Waals surface area (Å²) in [6, 6.07) is 14.0. The van der Waals surface area contributed by atoms with Crippen molar-refractivity contribution in [2.45, 2.75) is 48.1 Å². The van der Waals surface area contributed by atoms with E-state index in [1.54, 1.807) is 22.3 Å². The Morgan fingerprint density at radius 3 is 1.43 bits per heavy atom. The van der Waals surface area contributed by atoms with Gasteiger partial charge in [0.25, 0.3) is 0 Å². The fourth-order valence-electron chi connectivity index (χ4n) is 4.99. The molecule has 0 nitrogen and oxygen atoms in total. The van der Waals surface area contributed by atoms with Crippen LogP contribution in [0.15, 0.2) is 47.5 Å². The van der Waals surface area contributed by atoms with Gasteiger partial charge in [0.1, 0.15) is 0 Å².